The van der Waals surface area contributed by atoms with Crippen LogP contribution in [0, 0.1) is 11.7 Å². The van der Waals surface area contributed by atoms with Crippen molar-refractivity contribution >= 4 is 0 Å². The smallest absolute Gasteiger partial charge is 0.254 e. The maximum absolute atomic E-state index is 13.7. The molecular weight excluding hydrogens is 243 g/mol. The van der Waals surface area contributed by atoms with E-state index >= 15 is 0 Å². The Balaban J connectivity index is 2.30. The van der Waals surface area contributed by atoms with Crippen molar-refractivity contribution in [1.29, 1.82) is 0 Å². The lowest BCUT2D eigenvalue weighted by atomic mass is 10.0. The lowest BCUT2D eigenvalue weighted by Crippen LogP contribution is -2.36. The molecule has 0 aromatic carbocycles. The molecule has 0 N–H and O–H groups in total. The summed E-state index contributed by atoms with van der Waals surface area (Å²) in [5.74, 6) is 0.0645. The second kappa shape index (κ2) is 5.87. The Labute approximate surface area is 114 Å². The van der Waals surface area contributed by atoms with Gasteiger partial charge in [0.25, 0.3) is 5.56 Å². The number of likely N-dealkylation sites (tertiary alicyclic amines) is 1. The number of hydrogen-bond acceptors (Lipinski definition) is 2. The van der Waals surface area contributed by atoms with Gasteiger partial charge < -0.3 is 9.47 Å². The SMILES string of the molecule is CC(C)Cc1cc(F)cn(C2CCN(C)CC2)c1=O. The van der Waals surface area contributed by atoms with Crippen LogP contribution < -0.4 is 5.56 Å². The van der Waals surface area contributed by atoms with Gasteiger partial charge in [0.15, 0.2) is 0 Å². The summed E-state index contributed by atoms with van der Waals surface area (Å²) >= 11 is 0. The molecule has 1 aliphatic rings. The number of pyridine rings is 1. The molecule has 1 fully saturated rings. The average Bonchev–Trinajstić information content (AvgIpc) is 2.34. The van der Waals surface area contributed by atoms with Crippen molar-refractivity contribution in [3.63, 3.8) is 0 Å². The Morgan fingerprint density at radius 3 is 2.58 bits per heavy atom. The second-order valence-corrected chi connectivity index (χ2v) is 6.03. The topological polar surface area (TPSA) is 25.2 Å². The summed E-state index contributed by atoms with van der Waals surface area (Å²) in [4.78, 5) is 14.7. The van der Waals surface area contributed by atoms with Gasteiger partial charge in [0.05, 0.1) is 0 Å². The minimum Gasteiger partial charge on any atom is -0.309 e. The Hall–Kier alpha value is -1.16. The van der Waals surface area contributed by atoms with Crippen LogP contribution in [0.4, 0.5) is 4.39 Å². The number of rotatable bonds is 3. The maximum atomic E-state index is 13.7. The van der Waals surface area contributed by atoms with Crippen molar-refractivity contribution in [3.8, 4) is 0 Å². The third-order valence-corrected chi connectivity index (χ3v) is 3.79. The van der Waals surface area contributed by atoms with Gasteiger partial charge in [-0.25, -0.2) is 4.39 Å². The normalized spacial score (nSPS) is 18.2. The van der Waals surface area contributed by atoms with Crippen molar-refractivity contribution < 1.29 is 4.39 Å². The molecule has 106 valence electrons. The molecule has 0 atom stereocenters. The number of nitrogens with zero attached hydrogens (tertiary/aromatic N) is 2. The highest BCUT2D eigenvalue weighted by Gasteiger charge is 2.20. The van der Waals surface area contributed by atoms with Crippen molar-refractivity contribution in [2.45, 2.75) is 39.2 Å². The largest absolute Gasteiger partial charge is 0.309 e. The summed E-state index contributed by atoms with van der Waals surface area (Å²) in [5.41, 5.74) is 0.596. The van der Waals surface area contributed by atoms with Crippen molar-refractivity contribution in [3.05, 3.63) is 34.0 Å². The van der Waals surface area contributed by atoms with E-state index in [9.17, 15) is 9.18 Å². The van der Waals surface area contributed by atoms with E-state index in [2.05, 4.69) is 11.9 Å². The van der Waals surface area contributed by atoms with Gasteiger partial charge in [-0.05, 0) is 51.4 Å². The van der Waals surface area contributed by atoms with Gasteiger partial charge in [-0.2, -0.15) is 0 Å². The van der Waals surface area contributed by atoms with Crippen LogP contribution in [0.25, 0.3) is 0 Å². The van der Waals surface area contributed by atoms with E-state index < -0.39 is 0 Å². The number of aromatic nitrogens is 1. The zero-order valence-corrected chi connectivity index (χ0v) is 12.0. The highest BCUT2D eigenvalue weighted by molar-refractivity contribution is 5.13. The third-order valence-electron chi connectivity index (χ3n) is 3.79. The van der Waals surface area contributed by atoms with Gasteiger partial charge in [-0.15, -0.1) is 0 Å². The molecule has 0 saturated carbocycles. The minimum atomic E-state index is -0.297. The first-order chi connectivity index (χ1) is 8.97. The first kappa shape index (κ1) is 14.3. The molecule has 0 radical (unpaired) electrons. The molecule has 1 aromatic rings. The Morgan fingerprint density at radius 1 is 1.37 bits per heavy atom. The van der Waals surface area contributed by atoms with Gasteiger partial charge in [0.1, 0.15) is 5.82 Å². The highest BCUT2D eigenvalue weighted by atomic mass is 19.1. The fourth-order valence-electron chi connectivity index (χ4n) is 2.75. The summed E-state index contributed by atoms with van der Waals surface area (Å²) in [6.07, 6.45) is 3.85. The standard InChI is InChI=1S/C15H23FN2O/c1-11(2)8-12-9-13(16)10-18(15(12)19)14-4-6-17(3)7-5-14/h9-11,14H,4-8H2,1-3H3. The lowest BCUT2D eigenvalue weighted by molar-refractivity contribution is 0.217. The van der Waals surface area contributed by atoms with E-state index in [0.29, 0.717) is 17.9 Å². The molecule has 0 spiro atoms. The molecule has 0 unspecified atom stereocenters. The summed E-state index contributed by atoms with van der Waals surface area (Å²) in [6, 6.07) is 1.54. The summed E-state index contributed by atoms with van der Waals surface area (Å²) in [5, 5.41) is 0. The molecule has 1 aliphatic heterocycles. The quantitative estimate of drug-likeness (QED) is 0.839. The van der Waals surface area contributed by atoms with E-state index in [1.54, 1.807) is 4.57 Å². The van der Waals surface area contributed by atoms with Crippen LogP contribution >= 0.6 is 0 Å². The Morgan fingerprint density at radius 2 is 2.00 bits per heavy atom. The first-order valence-corrected chi connectivity index (χ1v) is 7.06. The fraction of sp³-hybridized carbons (Fsp3) is 0.667. The van der Waals surface area contributed by atoms with E-state index in [0.717, 1.165) is 25.9 Å². The molecule has 1 aromatic heterocycles. The zero-order chi connectivity index (χ0) is 14.0. The predicted octanol–water partition coefficient (Wildman–Crippen LogP) is 2.45. The number of piperidine rings is 1. The molecule has 3 nitrogen and oxygen atoms in total. The van der Waals surface area contributed by atoms with Crippen molar-refractivity contribution in [2.75, 3.05) is 20.1 Å². The molecule has 0 bridgehead atoms. The summed E-state index contributed by atoms with van der Waals surface area (Å²) in [6.45, 7) is 6.02. The van der Waals surface area contributed by atoms with Crippen LogP contribution in [-0.2, 0) is 6.42 Å². The van der Waals surface area contributed by atoms with Gasteiger partial charge in [-0.1, -0.05) is 13.8 Å². The summed E-state index contributed by atoms with van der Waals surface area (Å²) in [7, 11) is 2.08. The van der Waals surface area contributed by atoms with Crippen LogP contribution in [0.15, 0.2) is 17.1 Å². The van der Waals surface area contributed by atoms with Gasteiger partial charge in [-0.3, -0.25) is 4.79 Å². The predicted molar refractivity (Wildman–Crippen MR) is 75.0 cm³/mol. The number of halogens is 1. The van der Waals surface area contributed by atoms with E-state index in [1.807, 2.05) is 13.8 Å². The van der Waals surface area contributed by atoms with Crippen molar-refractivity contribution in [1.82, 2.24) is 9.47 Å². The monoisotopic (exact) mass is 266 g/mol. The van der Waals surface area contributed by atoms with Crippen LogP contribution in [0.3, 0.4) is 0 Å². The Bertz CT molecular complexity index is 487. The molecule has 4 heteroatoms. The van der Waals surface area contributed by atoms with Crippen molar-refractivity contribution in [2.24, 2.45) is 5.92 Å². The van der Waals surface area contributed by atoms with E-state index in [4.69, 9.17) is 0 Å². The molecule has 0 amide bonds. The molecular formula is C15H23FN2O. The average molecular weight is 266 g/mol. The second-order valence-electron chi connectivity index (χ2n) is 6.03. The molecule has 0 aliphatic carbocycles. The van der Waals surface area contributed by atoms with Gasteiger partial charge in [0, 0.05) is 17.8 Å². The maximum Gasteiger partial charge on any atom is 0.254 e. The third kappa shape index (κ3) is 3.44. The lowest BCUT2D eigenvalue weighted by Gasteiger charge is -2.30. The number of hydrogen-bond donors (Lipinski definition) is 0. The first-order valence-electron chi connectivity index (χ1n) is 7.06. The fourth-order valence-corrected chi connectivity index (χ4v) is 2.75. The Kier molecular flexibility index (Phi) is 4.40. The molecule has 2 rings (SSSR count). The van der Waals surface area contributed by atoms with Gasteiger partial charge >= 0.3 is 0 Å². The van der Waals surface area contributed by atoms with E-state index in [-0.39, 0.29) is 17.4 Å². The molecule has 19 heavy (non-hydrogen) atoms. The van der Waals surface area contributed by atoms with Crippen LogP contribution in [0.2, 0.25) is 0 Å². The molecule has 2 heterocycles. The zero-order valence-electron chi connectivity index (χ0n) is 12.0. The highest BCUT2D eigenvalue weighted by Crippen LogP contribution is 2.20. The van der Waals surface area contributed by atoms with E-state index in [1.165, 1.54) is 12.3 Å². The van der Waals surface area contributed by atoms with Crippen LogP contribution in [0.1, 0.15) is 38.3 Å². The van der Waals surface area contributed by atoms with Crippen LogP contribution in [0.5, 0.6) is 0 Å². The molecule has 1 saturated heterocycles. The summed E-state index contributed by atoms with van der Waals surface area (Å²) < 4.78 is 15.3. The van der Waals surface area contributed by atoms with Crippen LogP contribution in [-0.4, -0.2) is 29.6 Å². The minimum absolute atomic E-state index is 0.00958. The van der Waals surface area contributed by atoms with Gasteiger partial charge in [0.2, 0.25) is 0 Å².